The highest BCUT2D eigenvalue weighted by Crippen LogP contribution is 2.43. The molecule has 2 N–H and O–H groups in total. The summed E-state index contributed by atoms with van der Waals surface area (Å²) in [6.07, 6.45) is 4.99. The van der Waals surface area contributed by atoms with Crippen molar-refractivity contribution in [3.63, 3.8) is 0 Å². The van der Waals surface area contributed by atoms with Crippen molar-refractivity contribution in [2.24, 2.45) is 0 Å². The fraction of sp³-hybridized carbons (Fsp3) is 0.158. The topological polar surface area (TPSA) is 88.9 Å². The van der Waals surface area contributed by atoms with Crippen LogP contribution in [0.3, 0.4) is 0 Å². The zero-order chi connectivity index (χ0) is 19.7. The molecule has 4 rings (SSSR count). The van der Waals surface area contributed by atoms with Gasteiger partial charge in [-0.15, -0.1) is 0 Å². The van der Waals surface area contributed by atoms with E-state index in [1.54, 1.807) is 30.6 Å². The van der Waals surface area contributed by atoms with Gasteiger partial charge in [0.05, 0.1) is 11.9 Å². The van der Waals surface area contributed by atoms with Gasteiger partial charge in [-0.3, -0.25) is 14.6 Å². The first kappa shape index (κ1) is 17.8. The number of halogens is 2. The number of rotatable bonds is 4. The van der Waals surface area contributed by atoms with E-state index < -0.39 is 35.4 Å². The van der Waals surface area contributed by atoms with Crippen LogP contribution in [0.2, 0.25) is 0 Å². The quantitative estimate of drug-likeness (QED) is 0.676. The second-order valence-electron chi connectivity index (χ2n) is 6.35. The van der Waals surface area contributed by atoms with E-state index in [0.29, 0.717) is 17.9 Å². The Kier molecular flexibility index (Phi) is 4.56. The van der Waals surface area contributed by atoms with Gasteiger partial charge in [-0.05, 0) is 30.7 Å². The number of benzene rings is 1. The van der Waals surface area contributed by atoms with Crippen LogP contribution in [0, 0.1) is 11.6 Å². The van der Waals surface area contributed by atoms with E-state index in [1.165, 1.54) is 29.1 Å². The van der Waals surface area contributed by atoms with Crippen molar-refractivity contribution in [2.45, 2.75) is 18.4 Å². The second kappa shape index (κ2) is 7.18. The molecule has 1 aliphatic rings. The molecular formula is C19H15F2N5O2. The summed E-state index contributed by atoms with van der Waals surface area (Å²) < 4.78 is 29.1. The van der Waals surface area contributed by atoms with Crippen molar-refractivity contribution < 1.29 is 18.4 Å². The molecule has 2 amide bonds. The monoisotopic (exact) mass is 383 g/mol. The highest BCUT2D eigenvalue weighted by atomic mass is 19.1. The smallest absolute Gasteiger partial charge is 0.314 e. The Hall–Kier alpha value is -3.62. The molecule has 2 unspecified atom stereocenters. The molecule has 0 saturated heterocycles. The lowest BCUT2D eigenvalue weighted by molar-refractivity contribution is -0.136. The maximum atomic E-state index is 13.8. The van der Waals surface area contributed by atoms with Crippen molar-refractivity contribution in [1.82, 2.24) is 20.1 Å². The number of pyridine rings is 1. The third-order valence-electron chi connectivity index (χ3n) is 4.48. The number of hydrogen-bond donors (Lipinski definition) is 2. The molecule has 0 bridgehead atoms. The summed E-state index contributed by atoms with van der Waals surface area (Å²) in [5, 5.41) is 9.09. The summed E-state index contributed by atoms with van der Waals surface area (Å²) >= 11 is 0. The molecule has 2 atom stereocenters. The molecule has 2 aromatic heterocycles. The van der Waals surface area contributed by atoms with Crippen LogP contribution in [-0.4, -0.2) is 32.6 Å². The van der Waals surface area contributed by atoms with Crippen molar-refractivity contribution in [3.8, 4) is 5.69 Å². The molecule has 0 radical (unpaired) electrons. The van der Waals surface area contributed by atoms with Crippen molar-refractivity contribution in [3.05, 3.63) is 72.2 Å². The fourth-order valence-electron chi connectivity index (χ4n) is 3.03. The summed E-state index contributed by atoms with van der Waals surface area (Å²) in [7, 11) is 0. The van der Waals surface area contributed by atoms with Gasteiger partial charge in [-0.2, -0.15) is 5.10 Å². The molecule has 7 nitrogen and oxygen atoms in total. The minimum Gasteiger partial charge on any atom is -0.344 e. The number of nitrogens with one attached hydrogen (secondary N) is 2. The Morgan fingerprint density at radius 3 is 2.43 bits per heavy atom. The molecule has 0 spiro atoms. The van der Waals surface area contributed by atoms with Gasteiger partial charge in [0.1, 0.15) is 17.5 Å². The van der Waals surface area contributed by atoms with Gasteiger partial charge in [0.2, 0.25) is 0 Å². The van der Waals surface area contributed by atoms with Crippen molar-refractivity contribution in [2.75, 3.05) is 5.32 Å². The van der Waals surface area contributed by atoms with Crippen LogP contribution >= 0.6 is 0 Å². The van der Waals surface area contributed by atoms with E-state index in [-0.39, 0.29) is 5.56 Å². The van der Waals surface area contributed by atoms with Crippen LogP contribution in [0.25, 0.3) is 5.69 Å². The van der Waals surface area contributed by atoms with Crippen LogP contribution in [0.5, 0.6) is 0 Å². The molecule has 1 aromatic carbocycles. The second-order valence-corrected chi connectivity index (χ2v) is 6.35. The van der Waals surface area contributed by atoms with Gasteiger partial charge in [0.15, 0.2) is 0 Å². The minimum absolute atomic E-state index is 0.0658. The van der Waals surface area contributed by atoms with E-state index in [2.05, 4.69) is 20.7 Å². The Morgan fingerprint density at radius 1 is 1.00 bits per heavy atom. The van der Waals surface area contributed by atoms with Gasteiger partial charge in [-0.1, -0.05) is 6.07 Å². The average molecular weight is 383 g/mol. The van der Waals surface area contributed by atoms with Gasteiger partial charge in [-0.25, -0.2) is 13.5 Å². The summed E-state index contributed by atoms with van der Waals surface area (Å²) in [6, 6.07) is 8.06. The van der Waals surface area contributed by atoms with Gasteiger partial charge >= 0.3 is 11.8 Å². The third-order valence-corrected chi connectivity index (χ3v) is 4.48. The Labute approximate surface area is 158 Å². The van der Waals surface area contributed by atoms with Crippen LogP contribution in [0.1, 0.15) is 17.9 Å². The normalized spacial score (nSPS) is 17.8. The first-order valence-electron chi connectivity index (χ1n) is 8.55. The molecule has 9 heteroatoms. The molecule has 28 heavy (non-hydrogen) atoms. The summed E-state index contributed by atoms with van der Waals surface area (Å²) in [5.41, 5.74) is 0.594. The Balaban J connectivity index is 1.40. The Bertz CT molecular complexity index is 1020. The van der Waals surface area contributed by atoms with E-state index in [1.807, 2.05) is 0 Å². The maximum Gasteiger partial charge on any atom is 0.314 e. The number of anilines is 1. The fourth-order valence-corrected chi connectivity index (χ4v) is 3.03. The number of hydrogen-bond acceptors (Lipinski definition) is 4. The SMILES string of the molecule is O=C(Nc1ccnn1-c1ccncc1)C(=O)NC1CC1c1c(F)cccc1F. The molecule has 1 aliphatic carbocycles. The molecule has 1 fully saturated rings. The van der Waals surface area contributed by atoms with E-state index in [9.17, 15) is 18.4 Å². The molecule has 2 heterocycles. The number of carbonyl (C=O) groups is 2. The molecule has 0 aliphatic heterocycles. The largest absolute Gasteiger partial charge is 0.344 e. The van der Waals surface area contributed by atoms with Gasteiger partial charge in [0.25, 0.3) is 0 Å². The average Bonchev–Trinajstić information content (AvgIpc) is 3.26. The van der Waals surface area contributed by atoms with Crippen LogP contribution in [0.4, 0.5) is 14.6 Å². The summed E-state index contributed by atoms with van der Waals surface area (Å²) in [6.45, 7) is 0. The molecular weight excluding hydrogens is 368 g/mol. The summed E-state index contributed by atoms with van der Waals surface area (Å²) in [5.74, 6) is -3.28. The standard InChI is InChI=1S/C19H15F2N5O2/c20-13-2-1-3-14(21)17(13)12-10-15(12)24-18(27)19(28)25-16-6-9-23-26(16)11-4-7-22-8-5-11/h1-9,12,15H,10H2,(H,24,27)(H,25,28). The first-order valence-corrected chi connectivity index (χ1v) is 8.55. The van der Waals surface area contributed by atoms with Crippen LogP contribution in [0.15, 0.2) is 55.0 Å². The molecule has 3 aromatic rings. The van der Waals surface area contributed by atoms with Gasteiger partial charge < -0.3 is 10.6 Å². The number of nitrogens with zero attached hydrogens (tertiary/aromatic N) is 3. The lowest BCUT2D eigenvalue weighted by Crippen LogP contribution is -2.37. The minimum atomic E-state index is -0.893. The maximum absolute atomic E-state index is 13.8. The summed E-state index contributed by atoms with van der Waals surface area (Å²) in [4.78, 5) is 28.3. The highest BCUT2D eigenvalue weighted by molar-refractivity contribution is 6.39. The zero-order valence-electron chi connectivity index (χ0n) is 14.5. The predicted molar refractivity (Wildman–Crippen MR) is 95.6 cm³/mol. The highest BCUT2D eigenvalue weighted by Gasteiger charge is 2.43. The lowest BCUT2D eigenvalue weighted by Gasteiger charge is -2.09. The molecule has 142 valence electrons. The van der Waals surface area contributed by atoms with E-state index >= 15 is 0 Å². The Morgan fingerprint density at radius 2 is 1.71 bits per heavy atom. The van der Waals surface area contributed by atoms with Crippen molar-refractivity contribution in [1.29, 1.82) is 0 Å². The van der Waals surface area contributed by atoms with Gasteiger partial charge in [0, 0.05) is 36.0 Å². The van der Waals surface area contributed by atoms with Crippen LogP contribution < -0.4 is 10.6 Å². The lowest BCUT2D eigenvalue weighted by atomic mass is 10.1. The predicted octanol–water partition coefficient (Wildman–Crippen LogP) is 2.16. The van der Waals surface area contributed by atoms with Crippen molar-refractivity contribution >= 4 is 17.6 Å². The zero-order valence-corrected chi connectivity index (χ0v) is 14.5. The number of carbonyl (C=O) groups excluding carboxylic acids is 2. The first-order chi connectivity index (χ1) is 13.5. The molecule has 1 saturated carbocycles. The number of aromatic nitrogens is 3. The van der Waals surface area contributed by atoms with E-state index in [0.717, 1.165) is 0 Å². The third kappa shape index (κ3) is 3.46. The number of amides is 2. The van der Waals surface area contributed by atoms with Crippen LogP contribution in [-0.2, 0) is 9.59 Å². The van der Waals surface area contributed by atoms with E-state index in [4.69, 9.17) is 0 Å².